The summed E-state index contributed by atoms with van der Waals surface area (Å²) in [6.45, 7) is -1.38. The quantitative estimate of drug-likeness (QED) is 0.664. The monoisotopic (exact) mass is 447 g/mol. The number of fused-ring (bicyclic) bond motifs is 1. The summed E-state index contributed by atoms with van der Waals surface area (Å²) < 4.78 is 39.4. The highest BCUT2D eigenvalue weighted by atomic mass is 19.4. The van der Waals surface area contributed by atoms with Gasteiger partial charge in [-0.25, -0.2) is 9.78 Å². The Morgan fingerprint density at radius 2 is 2.00 bits per heavy atom. The lowest BCUT2D eigenvalue weighted by Crippen LogP contribution is -2.44. The Balaban J connectivity index is 1.57. The van der Waals surface area contributed by atoms with Gasteiger partial charge in [0, 0.05) is 38.0 Å². The molecule has 11 heteroatoms. The summed E-state index contributed by atoms with van der Waals surface area (Å²) in [4.78, 5) is 46.0. The molecule has 1 fully saturated rings. The highest BCUT2D eigenvalue weighted by Gasteiger charge is 2.41. The number of likely N-dealkylation sites (tertiary alicyclic amines) is 1. The Labute approximate surface area is 180 Å². The summed E-state index contributed by atoms with van der Waals surface area (Å²) in [6, 6.07) is 7.47. The molecule has 0 spiro atoms. The van der Waals surface area contributed by atoms with Crippen LogP contribution < -0.4 is 5.69 Å². The van der Waals surface area contributed by atoms with E-state index in [2.05, 4.69) is 9.97 Å². The van der Waals surface area contributed by atoms with E-state index in [-0.39, 0.29) is 24.2 Å². The second-order valence-corrected chi connectivity index (χ2v) is 7.76. The van der Waals surface area contributed by atoms with Gasteiger partial charge in [0.2, 0.25) is 5.91 Å². The number of aromatic nitrogens is 3. The number of hydrogen-bond donors (Lipinski definition) is 1. The molecule has 168 valence electrons. The lowest BCUT2D eigenvalue weighted by molar-refractivity contribution is -0.158. The zero-order valence-electron chi connectivity index (χ0n) is 17.3. The standard InChI is InChI=1S/C21H20F3N5O3/c1-27(15-6-7-29(19(15)31)11-21(22,23)24)18(30)13-5-3-4-12(8-13)14-9-16-17(25-10-14)26-20(32)28(16)2/h3-5,8-10,15H,6-7,11H2,1-2H3,(H,25,26,32). The molecule has 1 aliphatic heterocycles. The van der Waals surface area contributed by atoms with Gasteiger partial charge in [-0.15, -0.1) is 0 Å². The number of aryl methyl sites for hydroxylation is 1. The second kappa shape index (κ2) is 7.81. The number of H-pyrrole nitrogens is 1. The first-order chi connectivity index (χ1) is 15.0. The Hall–Kier alpha value is -3.63. The first-order valence-electron chi connectivity index (χ1n) is 9.83. The summed E-state index contributed by atoms with van der Waals surface area (Å²) >= 11 is 0. The average Bonchev–Trinajstić information content (AvgIpc) is 3.24. The molecule has 1 N–H and O–H groups in total. The molecule has 1 unspecified atom stereocenters. The maximum atomic E-state index is 13.0. The van der Waals surface area contributed by atoms with Crippen molar-refractivity contribution in [3.63, 3.8) is 0 Å². The number of imidazole rings is 1. The van der Waals surface area contributed by atoms with Crippen LogP contribution in [0.4, 0.5) is 13.2 Å². The van der Waals surface area contributed by atoms with Crippen molar-refractivity contribution in [1.29, 1.82) is 0 Å². The fraction of sp³-hybridized carbons (Fsp3) is 0.333. The van der Waals surface area contributed by atoms with Crippen molar-refractivity contribution >= 4 is 23.0 Å². The van der Waals surface area contributed by atoms with E-state index < -0.39 is 30.6 Å². The number of amides is 2. The molecule has 1 atom stereocenters. The largest absolute Gasteiger partial charge is 0.406 e. The van der Waals surface area contributed by atoms with Crippen LogP contribution in [0, 0.1) is 0 Å². The van der Waals surface area contributed by atoms with Gasteiger partial charge in [0.1, 0.15) is 12.6 Å². The number of nitrogens with one attached hydrogen (secondary N) is 1. The van der Waals surface area contributed by atoms with E-state index in [1.54, 1.807) is 43.6 Å². The first-order valence-corrected chi connectivity index (χ1v) is 9.83. The molecular formula is C21H20F3N5O3. The van der Waals surface area contributed by atoms with Crippen molar-refractivity contribution in [2.75, 3.05) is 20.1 Å². The molecular weight excluding hydrogens is 427 g/mol. The minimum atomic E-state index is -4.49. The number of halogens is 3. The molecule has 1 aromatic carbocycles. The number of benzene rings is 1. The van der Waals surface area contributed by atoms with E-state index in [1.807, 2.05) is 0 Å². The molecule has 0 bridgehead atoms. The third-order valence-corrected chi connectivity index (χ3v) is 5.63. The van der Waals surface area contributed by atoms with Gasteiger partial charge < -0.3 is 9.80 Å². The summed E-state index contributed by atoms with van der Waals surface area (Å²) in [5.41, 5.74) is 2.38. The average molecular weight is 447 g/mol. The van der Waals surface area contributed by atoms with E-state index in [1.165, 1.54) is 16.5 Å². The molecule has 0 saturated carbocycles. The first kappa shape index (κ1) is 21.6. The second-order valence-electron chi connectivity index (χ2n) is 7.76. The molecule has 8 nitrogen and oxygen atoms in total. The maximum Gasteiger partial charge on any atom is 0.406 e. The van der Waals surface area contributed by atoms with Crippen LogP contribution >= 0.6 is 0 Å². The van der Waals surface area contributed by atoms with Gasteiger partial charge in [0.25, 0.3) is 5.91 Å². The van der Waals surface area contributed by atoms with Gasteiger partial charge in [0.05, 0.1) is 5.52 Å². The minimum absolute atomic E-state index is 0.0538. The third kappa shape index (κ3) is 3.97. The lowest BCUT2D eigenvalue weighted by atomic mass is 10.0. The minimum Gasteiger partial charge on any atom is -0.332 e. The fourth-order valence-corrected chi connectivity index (χ4v) is 3.89. The Morgan fingerprint density at radius 1 is 1.25 bits per heavy atom. The predicted molar refractivity (Wildman–Crippen MR) is 110 cm³/mol. The third-order valence-electron chi connectivity index (χ3n) is 5.63. The van der Waals surface area contributed by atoms with Gasteiger partial charge in [-0.05, 0) is 30.2 Å². The molecule has 32 heavy (non-hydrogen) atoms. The molecule has 3 heterocycles. The number of likely N-dealkylation sites (N-methyl/N-ethyl adjacent to an activating group) is 1. The SMILES string of the molecule is CN(C(=O)c1cccc(-c2cnc3[nH]c(=O)n(C)c3c2)c1)C1CCN(CC(F)(F)F)C1=O. The van der Waals surface area contributed by atoms with Crippen molar-refractivity contribution in [3.8, 4) is 11.1 Å². The van der Waals surface area contributed by atoms with Crippen LogP contribution in [-0.2, 0) is 11.8 Å². The molecule has 1 aliphatic rings. The van der Waals surface area contributed by atoms with Gasteiger partial charge >= 0.3 is 11.9 Å². The summed E-state index contributed by atoms with van der Waals surface area (Å²) in [7, 11) is 3.03. The molecule has 2 aromatic heterocycles. The van der Waals surface area contributed by atoms with Crippen LogP contribution in [0.1, 0.15) is 16.8 Å². The van der Waals surface area contributed by atoms with Crippen molar-refractivity contribution in [2.45, 2.75) is 18.6 Å². The predicted octanol–water partition coefficient (Wildman–Crippen LogP) is 2.16. The van der Waals surface area contributed by atoms with Crippen molar-refractivity contribution in [1.82, 2.24) is 24.3 Å². The van der Waals surface area contributed by atoms with E-state index in [4.69, 9.17) is 0 Å². The highest BCUT2D eigenvalue weighted by Crippen LogP contribution is 2.26. The van der Waals surface area contributed by atoms with Gasteiger partial charge in [0.15, 0.2) is 5.65 Å². The summed E-state index contributed by atoms with van der Waals surface area (Å²) in [6.07, 6.45) is -2.78. The number of alkyl halides is 3. The maximum absolute atomic E-state index is 13.0. The molecule has 3 aromatic rings. The van der Waals surface area contributed by atoms with Gasteiger partial charge in [-0.2, -0.15) is 13.2 Å². The fourth-order valence-electron chi connectivity index (χ4n) is 3.89. The van der Waals surface area contributed by atoms with Crippen LogP contribution in [0.5, 0.6) is 0 Å². The molecule has 1 saturated heterocycles. The van der Waals surface area contributed by atoms with Crippen LogP contribution in [0.2, 0.25) is 0 Å². The van der Waals surface area contributed by atoms with Crippen LogP contribution in [0.15, 0.2) is 41.3 Å². The van der Waals surface area contributed by atoms with E-state index in [9.17, 15) is 27.6 Å². The summed E-state index contributed by atoms with van der Waals surface area (Å²) in [5, 5.41) is 0. The Morgan fingerprint density at radius 3 is 2.72 bits per heavy atom. The molecule has 2 amide bonds. The number of nitrogens with zero attached hydrogens (tertiary/aromatic N) is 4. The highest BCUT2D eigenvalue weighted by molar-refractivity contribution is 5.99. The number of pyridine rings is 1. The van der Waals surface area contributed by atoms with Crippen LogP contribution in [-0.4, -0.2) is 68.5 Å². The smallest absolute Gasteiger partial charge is 0.332 e. The molecule has 4 rings (SSSR count). The van der Waals surface area contributed by atoms with Crippen LogP contribution in [0.3, 0.4) is 0 Å². The molecule has 0 aliphatic carbocycles. The normalized spacial score (nSPS) is 16.7. The number of carbonyl (C=O) groups is 2. The van der Waals surface area contributed by atoms with Crippen LogP contribution in [0.25, 0.3) is 22.3 Å². The number of hydrogen-bond acceptors (Lipinski definition) is 4. The zero-order chi connectivity index (χ0) is 23.2. The Kier molecular flexibility index (Phi) is 5.27. The van der Waals surface area contributed by atoms with Crippen molar-refractivity contribution < 1.29 is 22.8 Å². The van der Waals surface area contributed by atoms with Crippen molar-refractivity contribution in [3.05, 3.63) is 52.6 Å². The van der Waals surface area contributed by atoms with Crippen molar-refractivity contribution in [2.24, 2.45) is 7.05 Å². The topological polar surface area (TPSA) is 91.3 Å². The van der Waals surface area contributed by atoms with Gasteiger partial charge in [-0.3, -0.25) is 19.1 Å². The Bertz CT molecular complexity index is 1260. The van der Waals surface area contributed by atoms with E-state index in [0.717, 1.165) is 4.90 Å². The molecule has 0 radical (unpaired) electrons. The van der Waals surface area contributed by atoms with E-state index >= 15 is 0 Å². The zero-order valence-corrected chi connectivity index (χ0v) is 17.3. The number of carbonyl (C=O) groups excluding carboxylic acids is 2. The summed E-state index contributed by atoms with van der Waals surface area (Å²) in [5.74, 6) is -1.18. The number of rotatable bonds is 4. The van der Waals surface area contributed by atoms with E-state index in [0.29, 0.717) is 22.3 Å². The van der Waals surface area contributed by atoms with Gasteiger partial charge in [-0.1, -0.05) is 12.1 Å². The number of aromatic amines is 1. The lowest BCUT2D eigenvalue weighted by Gasteiger charge is -2.24.